The maximum Gasteiger partial charge on any atom is 0.308 e. The van der Waals surface area contributed by atoms with Gasteiger partial charge in [-0.1, -0.05) is 0 Å². The van der Waals surface area contributed by atoms with Gasteiger partial charge in [0.15, 0.2) is 11.6 Å². The molecule has 0 spiro atoms. The van der Waals surface area contributed by atoms with Gasteiger partial charge in [-0.25, -0.2) is 8.78 Å². The third-order valence-corrected chi connectivity index (χ3v) is 2.03. The summed E-state index contributed by atoms with van der Waals surface area (Å²) in [5.74, 6) is -11.8. The Morgan fingerprint density at radius 3 is 1.89 bits per heavy atom. The van der Waals surface area contributed by atoms with Gasteiger partial charge in [0, 0.05) is 13.5 Å². The van der Waals surface area contributed by atoms with E-state index < -0.39 is 46.5 Å². The lowest BCUT2D eigenvalue weighted by Gasteiger charge is -2.10. The molecule has 0 aliphatic rings. The van der Waals surface area contributed by atoms with Crippen LogP contribution in [0.25, 0.3) is 0 Å². The molecule has 0 aliphatic carbocycles. The van der Waals surface area contributed by atoms with E-state index in [1.807, 2.05) is 5.32 Å². The molecule has 1 amide bonds. The molecule has 0 saturated heterocycles. The summed E-state index contributed by atoms with van der Waals surface area (Å²) >= 11 is 0. The predicted molar refractivity (Wildman–Crippen MR) is 55.6 cm³/mol. The van der Waals surface area contributed by atoms with E-state index in [9.17, 15) is 27.2 Å². The molecule has 0 saturated carbocycles. The molecule has 0 bridgehead atoms. The number of esters is 1. The fourth-order valence-electron chi connectivity index (χ4n) is 1.29. The van der Waals surface area contributed by atoms with Gasteiger partial charge in [0.25, 0.3) is 5.91 Å². The first-order valence-corrected chi connectivity index (χ1v) is 5.13. The molecule has 0 fully saturated rings. The Labute approximate surface area is 105 Å². The molecule has 0 aromatic heterocycles. The molecule has 0 unspecified atom stereocenters. The van der Waals surface area contributed by atoms with Crippen molar-refractivity contribution in [3.05, 3.63) is 28.8 Å². The van der Waals surface area contributed by atoms with Gasteiger partial charge in [0.2, 0.25) is 17.4 Å². The summed E-state index contributed by atoms with van der Waals surface area (Å²) in [6, 6.07) is 0. The molecule has 4 nitrogen and oxygen atoms in total. The normalized spacial score (nSPS) is 10.2. The van der Waals surface area contributed by atoms with Gasteiger partial charge in [-0.15, -0.1) is 0 Å². The van der Waals surface area contributed by atoms with Crippen LogP contribution in [0.4, 0.5) is 17.6 Å². The maximum absolute atomic E-state index is 13.5. The Balaban J connectivity index is 3.47. The molecule has 104 valence electrons. The molecular weight excluding hydrogens is 270 g/mol. The Hall–Kier alpha value is -2.12. The first-order valence-electron chi connectivity index (χ1n) is 5.13. The minimum Gasteiger partial charge on any atom is -0.420 e. The van der Waals surface area contributed by atoms with Crippen molar-refractivity contribution in [3.63, 3.8) is 0 Å². The van der Waals surface area contributed by atoms with E-state index in [1.165, 1.54) is 6.92 Å². The molecule has 0 radical (unpaired) electrons. The van der Waals surface area contributed by atoms with Crippen molar-refractivity contribution in [1.29, 1.82) is 0 Å². The van der Waals surface area contributed by atoms with Crippen LogP contribution in [0.15, 0.2) is 0 Å². The third-order valence-electron chi connectivity index (χ3n) is 2.03. The summed E-state index contributed by atoms with van der Waals surface area (Å²) in [5, 5.41) is 2.00. The van der Waals surface area contributed by atoms with Gasteiger partial charge in [-0.05, 0) is 6.92 Å². The first-order chi connectivity index (χ1) is 8.81. The van der Waals surface area contributed by atoms with Crippen molar-refractivity contribution in [3.8, 4) is 5.75 Å². The average Bonchev–Trinajstić information content (AvgIpc) is 2.32. The van der Waals surface area contributed by atoms with E-state index in [4.69, 9.17) is 0 Å². The fraction of sp³-hybridized carbons (Fsp3) is 0.273. The Morgan fingerprint density at radius 2 is 1.53 bits per heavy atom. The van der Waals surface area contributed by atoms with Gasteiger partial charge >= 0.3 is 5.97 Å². The minimum absolute atomic E-state index is 0.00660. The summed E-state index contributed by atoms with van der Waals surface area (Å²) in [6.07, 6.45) is 0. The second kappa shape index (κ2) is 5.68. The average molecular weight is 279 g/mol. The van der Waals surface area contributed by atoms with E-state index in [2.05, 4.69) is 4.74 Å². The highest BCUT2D eigenvalue weighted by Crippen LogP contribution is 2.30. The Bertz CT molecular complexity index is 516. The van der Waals surface area contributed by atoms with Crippen LogP contribution in [-0.2, 0) is 4.79 Å². The number of carbonyl (C=O) groups excluding carboxylic acids is 2. The Morgan fingerprint density at radius 1 is 1.05 bits per heavy atom. The van der Waals surface area contributed by atoms with Gasteiger partial charge in [0.1, 0.15) is 5.56 Å². The second-order valence-corrected chi connectivity index (χ2v) is 3.41. The SMILES string of the molecule is CCNC(=O)c1c(F)c(F)c(OC(C)=O)c(F)c1F. The molecule has 8 heteroatoms. The van der Waals surface area contributed by atoms with Crippen molar-refractivity contribution in [2.24, 2.45) is 0 Å². The zero-order chi connectivity index (χ0) is 14.7. The van der Waals surface area contributed by atoms with Crippen LogP contribution in [0.1, 0.15) is 24.2 Å². The quantitative estimate of drug-likeness (QED) is 0.398. The number of halogens is 4. The van der Waals surface area contributed by atoms with Crippen LogP contribution in [0.3, 0.4) is 0 Å². The lowest BCUT2D eigenvalue weighted by Crippen LogP contribution is -2.26. The number of benzene rings is 1. The van der Waals surface area contributed by atoms with E-state index in [0.717, 1.165) is 6.92 Å². The number of hydrogen-bond acceptors (Lipinski definition) is 3. The zero-order valence-electron chi connectivity index (χ0n) is 9.94. The molecule has 0 atom stereocenters. The molecule has 1 rings (SSSR count). The summed E-state index contributed by atoms with van der Waals surface area (Å²) in [4.78, 5) is 21.9. The lowest BCUT2D eigenvalue weighted by molar-refractivity contribution is -0.132. The highest BCUT2D eigenvalue weighted by Gasteiger charge is 2.30. The van der Waals surface area contributed by atoms with Crippen molar-refractivity contribution in [2.75, 3.05) is 6.54 Å². The predicted octanol–water partition coefficient (Wildman–Crippen LogP) is 1.92. The van der Waals surface area contributed by atoms with Crippen LogP contribution < -0.4 is 10.1 Å². The van der Waals surface area contributed by atoms with Crippen LogP contribution >= 0.6 is 0 Å². The number of rotatable bonds is 3. The van der Waals surface area contributed by atoms with Crippen LogP contribution in [0.2, 0.25) is 0 Å². The monoisotopic (exact) mass is 279 g/mol. The minimum atomic E-state index is -1.95. The lowest BCUT2D eigenvalue weighted by atomic mass is 10.1. The van der Waals surface area contributed by atoms with Gasteiger partial charge < -0.3 is 10.1 Å². The summed E-state index contributed by atoms with van der Waals surface area (Å²) < 4.78 is 57.9. The van der Waals surface area contributed by atoms with Crippen LogP contribution in [0, 0.1) is 23.3 Å². The molecular formula is C11H9F4NO3. The standard InChI is InChI=1S/C11H9F4NO3/c1-3-16-11(18)5-6(12)8(14)10(19-4(2)17)9(15)7(5)13/h3H2,1-2H3,(H,16,18). The molecule has 1 aromatic carbocycles. The molecule has 19 heavy (non-hydrogen) atoms. The summed E-state index contributed by atoms with van der Waals surface area (Å²) in [5.41, 5.74) is -1.41. The van der Waals surface area contributed by atoms with Crippen LogP contribution in [-0.4, -0.2) is 18.4 Å². The molecule has 0 heterocycles. The zero-order valence-corrected chi connectivity index (χ0v) is 9.94. The van der Waals surface area contributed by atoms with Gasteiger partial charge in [-0.3, -0.25) is 9.59 Å². The summed E-state index contributed by atoms with van der Waals surface area (Å²) in [7, 11) is 0. The number of nitrogens with one attached hydrogen (secondary N) is 1. The summed E-state index contributed by atoms with van der Waals surface area (Å²) in [6.45, 7) is 2.26. The smallest absolute Gasteiger partial charge is 0.308 e. The number of carbonyl (C=O) groups is 2. The second-order valence-electron chi connectivity index (χ2n) is 3.41. The largest absolute Gasteiger partial charge is 0.420 e. The number of hydrogen-bond donors (Lipinski definition) is 1. The first kappa shape index (κ1) is 14.9. The topological polar surface area (TPSA) is 55.4 Å². The highest BCUT2D eigenvalue weighted by molar-refractivity contribution is 5.95. The van der Waals surface area contributed by atoms with Gasteiger partial charge in [0.05, 0.1) is 0 Å². The maximum atomic E-state index is 13.5. The fourth-order valence-corrected chi connectivity index (χ4v) is 1.29. The van der Waals surface area contributed by atoms with E-state index in [1.54, 1.807) is 0 Å². The third kappa shape index (κ3) is 2.83. The highest BCUT2D eigenvalue weighted by atomic mass is 19.2. The van der Waals surface area contributed by atoms with E-state index >= 15 is 0 Å². The molecule has 1 N–H and O–H groups in total. The van der Waals surface area contributed by atoms with E-state index in [-0.39, 0.29) is 6.54 Å². The molecule has 0 aliphatic heterocycles. The van der Waals surface area contributed by atoms with Gasteiger partial charge in [-0.2, -0.15) is 8.78 Å². The number of ether oxygens (including phenoxy) is 1. The van der Waals surface area contributed by atoms with Crippen molar-refractivity contribution >= 4 is 11.9 Å². The molecule has 1 aromatic rings. The van der Waals surface area contributed by atoms with Crippen molar-refractivity contribution in [2.45, 2.75) is 13.8 Å². The number of amides is 1. The Kier molecular flexibility index (Phi) is 4.47. The van der Waals surface area contributed by atoms with Crippen molar-refractivity contribution < 1.29 is 31.9 Å². The van der Waals surface area contributed by atoms with Crippen LogP contribution in [0.5, 0.6) is 5.75 Å². The van der Waals surface area contributed by atoms with Crippen molar-refractivity contribution in [1.82, 2.24) is 5.32 Å². The van der Waals surface area contributed by atoms with E-state index in [0.29, 0.717) is 0 Å².